The van der Waals surface area contributed by atoms with Crippen molar-refractivity contribution in [2.75, 3.05) is 13.2 Å². The molecule has 1 aromatic rings. The van der Waals surface area contributed by atoms with E-state index in [-0.39, 0.29) is 37.6 Å². The molecule has 9 heteroatoms. The first-order valence-electron chi connectivity index (χ1n) is 6.86. The minimum Gasteiger partial charge on any atom is -0.490 e. The van der Waals surface area contributed by atoms with Gasteiger partial charge in [0.15, 0.2) is 11.5 Å². The van der Waals surface area contributed by atoms with E-state index in [1.54, 1.807) is 6.92 Å². The van der Waals surface area contributed by atoms with Crippen LogP contribution in [0.5, 0.6) is 11.5 Å². The first-order chi connectivity index (χ1) is 10.9. The molecule has 0 spiro atoms. The first-order valence-corrected chi connectivity index (χ1v) is 6.86. The van der Waals surface area contributed by atoms with Crippen molar-refractivity contribution in [2.24, 2.45) is 0 Å². The summed E-state index contributed by atoms with van der Waals surface area (Å²) >= 11 is 0. The molecule has 0 heterocycles. The van der Waals surface area contributed by atoms with Gasteiger partial charge in [0.2, 0.25) is 0 Å². The zero-order valence-electron chi connectivity index (χ0n) is 12.5. The zero-order chi connectivity index (χ0) is 17.2. The Morgan fingerprint density at radius 3 is 2.61 bits per heavy atom. The number of halogens is 2. The Hall–Kier alpha value is -2.58. The molecule has 23 heavy (non-hydrogen) atoms. The van der Waals surface area contributed by atoms with Crippen molar-refractivity contribution in [3.63, 3.8) is 0 Å². The molecule has 2 amide bonds. The summed E-state index contributed by atoms with van der Waals surface area (Å²) in [6, 6.07) is 3.80. The Balaban J connectivity index is 2.57. The SMILES string of the molecule is CCOc1cc(CNC(=O)NCCC(=O)O)ccc1OC(F)F. The highest BCUT2D eigenvalue weighted by atomic mass is 19.3. The number of carboxylic acids is 1. The van der Waals surface area contributed by atoms with Crippen LogP contribution in [0.1, 0.15) is 18.9 Å². The summed E-state index contributed by atoms with van der Waals surface area (Å²) < 4.78 is 34.1. The van der Waals surface area contributed by atoms with Gasteiger partial charge in [-0.3, -0.25) is 4.79 Å². The van der Waals surface area contributed by atoms with Gasteiger partial charge in [-0.25, -0.2) is 4.79 Å². The average molecular weight is 332 g/mol. The number of nitrogens with one attached hydrogen (secondary N) is 2. The minimum atomic E-state index is -2.96. The van der Waals surface area contributed by atoms with E-state index in [0.717, 1.165) is 0 Å². The second kappa shape index (κ2) is 9.44. The molecule has 1 rings (SSSR count). The molecule has 0 aromatic heterocycles. The van der Waals surface area contributed by atoms with Gasteiger partial charge in [-0.05, 0) is 24.6 Å². The van der Waals surface area contributed by atoms with Gasteiger partial charge in [-0.1, -0.05) is 6.07 Å². The quantitative estimate of drug-likeness (QED) is 0.642. The normalized spacial score (nSPS) is 10.3. The van der Waals surface area contributed by atoms with Crippen LogP contribution in [0, 0.1) is 0 Å². The maximum Gasteiger partial charge on any atom is 0.387 e. The van der Waals surface area contributed by atoms with Crippen molar-refractivity contribution < 1.29 is 33.0 Å². The van der Waals surface area contributed by atoms with Crippen molar-refractivity contribution >= 4 is 12.0 Å². The number of ether oxygens (including phenoxy) is 2. The van der Waals surface area contributed by atoms with E-state index in [1.165, 1.54) is 18.2 Å². The third-order valence-corrected chi connectivity index (χ3v) is 2.60. The molecule has 0 saturated heterocycles. The van der Waals surface area contributed by atoms with Gasteiger partial charge in [0.1, 0.15) is 0 Å². The second-order valence-corrected chi connectivity index (χ2v) is 4.35. The number of carbonyl (C=O) groups is 2. The Kier molecular flexibility index (Phi) is 7.58. The molecule has 0 atom stereocenters. The van der Waals surface area contributed by atoms with E-state index in [9.17, 15) is 18.4 Å². The van der Waals surface area contributed by atoms with E-state index in [2.05, 4.69) is 15.4 Å². The van der Waals surface area contributed by atoms with E-state index >= 15 is 0 Å². The van der Waals surface area contributed by atoms with Crippen molar-refractivity contribution in [3.05, 3.63) is 23.8 Å². The molecule has 128 valence electrons. The Morgan fingerprint density at radius 2 is 2.00 bits per heavy atom. The number of amides is 2. The molecule has 0 bridgehead atoms. The van der Waals surface area contributed by atoms with Crippen LogP contribution in [0.3, 0.4) is 0 Å². The minimum absolute atomic E-state index is 0.00648. The fourth-order valence-electron chi connectivity index (χ4n) is 1.65. The lowest BCUT2D eigenvalue weighted by molar-refractivity contribution is -0.136. The van der Waals surface area contributed by atoms with Gasteiger partial charge < -0.3 is 25.2 Å². The molecular formula is C14H18F2N2O5. The number of carboxylic acid groups (broad SMARTS) is 1. The van der Waals surface area contributed by atoms with Crippen LogP contribution in [0.4, 0.5) is 13.6 Å². The van der Waals surface area contributed by atoms with E-state index in [1.807, 2.05) is 0 Å². The lowest BCUT2D eigenvalue weighted by atomic mass is 10.2. The van der Waals surface area contributed by atoms with Gasteiger partial charge in [0.25, 0.3) is 0 Å². The molecule has 0 aliphatic rings. The van der Waals surface area contributed by atoms with Crippen LogP contribution >= 0.6 is 0 Å². The smallest absolute Gasteiger partial charge is 0.387 e. The molecule has 7 nitrogen and oxygen atoms in total. The predicted molar refractivity (Wildman–Crippen MR) is 76.7 cm³/mol. The molecule has 1 aromatic carbocycles. The summed E-state index contributed by atoms with van der Waals surface area (Å²) in [4.78, 5) is 21.8. The highest BCUT2D eigenvalue weighted by molar-refractivity contribution is 5.75. The number of aliphatic carboxylic acids is 1. The summed E-state index contributed by atoms with van der Waals surface area (Å²) in [6.45, 7) is -0.863. The molecular weight excluding hydrogens is 314 g/mol. The molecule has 0 unspecified atom stereocenters. The highest BCUT2D eigenvalue weighted by Gasteiger charge is 2.12. The molecule has 3 N–H and O–H groups in total. The maximum absolute atomic E-state index is 12.3. The van der Waals surface area contributed by atoms with E-state index < -0.39 is 18.6 Å². The standard InChI is InChI=1S/C14H18F2N2O5/c1-2-22-11-7-9(3-4-10(11)23-13(15)16)8-18-14(21)17-6-5-12(19)20/h3-4,7,13H,2,5-6,8H2,1H3,(H,19,20)(H2,17,18,21). The number of benzene rings is 1. The number of hydrogen-bond acceptors (Lipinski definition) is 4. The van der Waals surface area contributed by atoms with Crippen LogP contribution in [0.15, 0.2) is 18.2 Å². The predicted octanol–water partition coefficient (Wildman–Crippen LogP) is 1.96. The number of carbonyl (C=O) groups excluding carboxylic acids is 1. The van der Waals surface area contributed by atoms with Gasteiger partial charge in [0.05, 0.1) is 13.0 Å². The zero-order valence-corrected chi connectivity index (χ0v) is 12.5. The van der Waals surface area contributed by atoms with E-state index in [4.69, 9.17) is 9.84 Å². The first kappa shape index (κ1) is 18.5. The maximum atomic E-state index is 12.3. The van der Waals surface area contributed by atoms with Crippen LogP contribution in [-0.4, -0.2) is 36.9 Å². The van der Waals surface area contributed by atoms with Crippen molar-refractivity contribution in [3.8, 4) is 11.5 Å². The van der Waals surface area contributed by atoms with Gasteiger partial charge in [-0.15, -0.1) is 0 Å². The van der Waals surface area contributed by atoms with Crippen LogP contribution < -0.4 is 20.1 Å². The van der Waals surface area contributed by atoms with Crippen LogP contribution in [0.25, 0.3) is 0 Å². The average Bonchev–Trinajstić information content (AvgIpc) is 2.47. The van der Waals surface area contributed by atoms with E-state index in [0.29, 0.717) is 5.56 Å². The number of rotatable bonds is 9. The van der Waals surface area contributed by atoms with Crippen molar-refractivity contribution in [1.29, 1.82) is 0 Å². The van der Waals surface area contributed by atoms with Crippen LogP contribution in [0.2, 0.25) is 0 Å². The number of urea groups is 1. The summed E-state index contributed by atoms with van der Waals surface area (Å²) in [5.74, 6) is -0.948. The highest BCUT2D eigenvalue weighted by Crippen LogP contribution is 2.29. The Morgan fingerprint density at radius 1 is 1.26 bits per heavy atom. The molecule has 0 aliphatic heterocycles. The lowest BCUT2D eigenvalue weighted by Crippen LogP contribution is -2.36. The van der Waals surface area contributed by atoms with Crippen molar-refractivity contribution in [2.45, 2.75) is 26.5 Å². The molecule has 0 radical (unpaired) electrons. The summed E-state index contributed by atoms with van der Waals surface area (Å²) in [7, 11) is 0. The van der Waals surface area contributed by atoms with Gasteiger partial charge in [-0.2, -0.15) is 8.78 Å². The number of alkyl halides is 2. The van der Waals surface area contributed by atoms with Gasteiger partial charge in [0, 0.05) is 13.1 Å². The fourth-order valence-corrected chi connectivity index (χ4v) is 1.65. The number of hydrogen-bond donors (Lipinski definition) is 3. The Labute approximate surface area is 131 Å². The third-order valence-electron chi connectivity index (χ3n) is 2.60. The fraction of sp³-hybridized carbons (Fsp3) is 0.429. The second-order valence-electron chi connectivity index (χ2n) is 4.35. The summed E-state index contributed by atoms with van der Waals surface area (Å²) in [6.07, 6.45) is -0.179. The molecule has 0 fully saturated rings. The monoisotopic (exact) mass is 332 g/mol. The lowest BCUT2D eigenvalue weighted by Gasteiger charge is -2.13. The molecule has 0 aliphatic carbocycles. The van der Waals surface area contributed by atoms with Gasteiger partial charge >= 0.3 is 18.6 Å². The Bertz CT molecular complexity index is 540. The van der Waals surface area contributed by atoms with Crippen molar-refractivity contribution in [1.82, 2.24) is 10.6 Å². The largest absolute Gasteiger partial charge is 0.490 e. The topological polar surface area (TPSA) is 96.9 Å². The summed E-state index contributed by atoms with van der Waals surface area (Å²) in [5.41, 5.74) is 0.614. The summed E-state index contributed by atoms with van der Waals surface area (Å²) in [5, 5.41) is 13.3. The third kappa shape index (κ3) is 7.30. The molecule has 0 saturated carbocycles. The van der Waals surface area contributed by atoms with Crippen LogP contribution in [-0.2, 0) is 11.3 Å².